The average molecular weight is 434 g/mol. The molecule has 1 saturated carbocycles. The summed E-state index contributed by atoms with van der Waals surface area (Å²) in [5.41, 5.74) is 3.54. The Bertz CT molecular complexity index is 1020. The Hall–Kier alpha value is -2.92. The average Bonchev–Trinajstić information content (AvgIpc) is 3.31. The number of hydrogen-bond acceptors (Lipinski definition) is 4. The Morgan fingerprint density at radius 2 is 1.68 bits per heavy atom. The van der Waals surface area contributed by atoms with Gasteiger partial charge >= 0.3 is 5.97 Å². The van der Waals surface area contributed by atoms with Crippen molar-refractivity contribution in [3.05, 3.63) is 76.5 Å². The van der Waals surface area contributed by atoms with Crippen LogP contribution in [-0.2, 0) is 4.79 Å². The summed E-state index contributed by atoms with van der Waals surface area (Å²) in [6.45, 7) is 1.63. The van der Waals surface area contributed by atoms with Crippen molar-refractivity contribution in [2.75, 3.05) is 0 Å². The van der Waals surface area contributed by atoms with E-state index in [-0.39, 0.29) is 5.91 Å². The fourth-order valence-corrected chi connectivity index (χ4v) is 4.83. The van der Waals surface area contributed by atoms with Crippen LogP contribution in [0.15, 0.2) is 66.0 Å². The molecule has 1 fully saturated rings. The molecule has 1 aromatic heterocycles. The summed E-state index contributed by atoms with van der Waals surface area (Å²) in [5, 5.41) is 4.71. The Morgan fingerprint density at radius 1 is 0.968 bits per heavy atom. The number of esters is 1. The fourth-order valence-electron chi connectivity index (χ4n) is 4.01. The highest BCUT2D eigenvalue weighted by atomic mass is 32.1. The quantitative estimate of drug-likeness (QED) is 0.373. The molecule has 1 atom stereocenters. The summed E-state index contributed by atoms with van der Waals surface area (Å²) in [4.78, 5) is 25.4. The van der Waals surface area contributed by atoms with Crippen molar-refractivity contribution >= 4 is 23.2 Å². The predicted octanol–water partition coefficient (Wildman–Crippen LogP) is 6.19. The number of benzene rings is 2. The summed E-state index contributed by atoms with van der Waals surface area (Å²) < 4.78 is 5.30. The van der Waals surface area contributed by atoms with Crippen molar-refractivity contribution in [1.29, 1.82) is 0 Å². The van der Waals surface area contributed by atoms with Crippen molar-refractivity contribution in [2.24, 2.45) is 0 Å². The largest absolute Gasteiger partial charge is 0.425 e. The number of carbonyl (C=O) groups excluding carboxylic acids is 2. The van der Waals surface area contributed by atoms with Gasteiger partial charge in [0.05, 0.1) is 4.88 Å². The minimum atomic E-state index is -0.743. The minimum absolute atomic E-state index is 0.271. The maximum atomic E-state index is 12.6. The lowest BCUT2D eigenvalue weighted by atomic mass is 9.84. The van der Waals surface area contributed by atoms with E-state index >= 15 is 0 Å². The molecule has 2 aromatic carbocycles. The molecule has 1 N–H and O–H groups in total. The Morgan fingerprint density at radius 3 is 2.39 bits per heavy atom. The highest BCUT2D eigenvalue weighted by Gasteiger charge is 2.20. The molecule has 31 heavy (non-hydrogen) atoms. The number of nitrogens with one attached hydrogen (secondary N) is 1. The molecule has 1 heterocycles. The van der Waals surface area contributed by atoms with Crippen LogP contribution in [0.25, 0.3) is 11.1 Å². The number of para-hydroxylation sites is 1. The SMILES string of the molecule is C[C@H](NC(=O)c1cc(-c2ccc(C3CCCCC3)cc2)cs1)C(=O)Oc1ccccc1. The van der Waals surface area contributed by atoms with Crippen LogP contribution in [0, 0.1) is 0 Å². The third kappa shape index (κ3) is 5.42. The molecule has 0 spiro atoms. The van der Waals surface area contributed by atoms with Gasteiger partial charge in [0.25, 0.3) is 5.91 Å². The Labute approximate surface area is 187 Å². The highest BCUT2D eigenvalue weighted by Crippen LogP contribution is 2.34. The molecule has 0 unspecified atom stereocenters. The third-order valence-corrected chi connectivity index (χ3v) is 6.74. The van der Waals surface area contributed by atoms with Crippen LogP contribution in [-0.4, -0.2) is 17.9 Å². The van der Waals surface area contributed by atoms with Crippen molar-refractivity contribution in [1.82, 2.24) is 5.32 Å². The highest BCUT2D eigenvalue weighted by molar-refractivity contribution is 7.12. The van der Waals surface area contributed by atoms with E-state index in [1.54, 1.807) is 31.2 Å². The summed E-state index contributed by atoms with van der Waals surface area (Å²) in [7, 11) is 0. The topological polar surface area (TPSA) is 55.4 Å². The van der Waals surface area contributed by atoms with Crippen molar-refractivity contribution in [3.63, 3.8) is 0 Å². The molecule has 3 aromatic rings. The van der Waals surface area contributed by atoms with Gasteiger partial charge in [-0.2, -0.15) is 0 Å². The number of amides is 1. The maximum absolute atomic E-state index is 12.6. The minimum Gasteiger partial charge on any atom is -0.425 e. The molecule has 4 nitrogen and oxygen atoms in total. The molecule has 0 aliphatic heterocycles. The number of thiophene rings is 1. The number of rotatable bonds is 6. The van der Waals surface area contributed by atoms with Gasteiger partial charge in [-0.1, -0.05) is 61.7 Å². The van der Waals surface area contributed by atoms with E-state index in [0.29, 0.717) is 16.5 Å². The molecule has 0 saturated heterocycles. The van der Waals surface area contributed by atoms with Gasteiger partial charge in [-0.3, -0.25) is 4.79 Å². The summed E-state index contributed by atoms with van der Waals surface area (Å²) in [5.74, 6) is 0.384. The van der Waals surface area contributed by atoms with Crippen LogP contribution in [0.1, 0.15) is 60.2 Å². The molecule has 0 radical (unpaired) electrons. The first-order valence-corrected chi connectivity index (χ1v) is 11.7. The van der Waals surface area contributed by atoms with Gasteiger partial charge in [0.1, 0.15) is 11.8 Å². The van der Waals surface area contributed by atoms with E-state index in [2.05, 4.69) is 29.6 Å². The van der Waals surface area contributed by atoms with Crippen LogP contribution < -0.4 is 10.1 Å². The monoisotopic (exact) mass is 433 g/mol. The first-order valence-electron chi connectivity index (χ1n) is 10.9. The van der Waals surface area contributed by atoms with Gasteiger partial charge in [0, 0.05) is 0 Å². The zero-order valence-corrected chi connectivity index (χ0v) is 18.5. The first-order chi connectivity index (χ1) is 15.1. The van der Waals surface area contributed by atoms with Crippen molar-refractivity contribution < 1.29 is 14.3 Å². The van der Waals surface area contributed by atoms with Gasteiger partial charge in [-0.25, -0.2) is 4.79 Å². The summed E-state index contributed by atoms with van der Waals surface area (Å²) >= 11 is 1.38. The van der Waals surface area contributed by atoms with Crippen LogP contribution in [0.5, 0.6) is 5.75 Å². The number of carbonyl (C=O) groups is 2. The van der Waals surface area contributed by atoms with Crippen LogP contribution in [0.3, 0.4) is 0 Å². The molecule has 1 aliphatic rings. The van der Waals surface area contributed by atoms with E-state index in [0.717, 1.165) is 11.1 Å². The Balaban J connectivity index is 1.36. The maximum Gasteiger partial charge on any atom is 0.333 e. The molecule has 160 valence electrons. The number of hydrogen-bond donors (Lipinski definition) is 1. The molecule has 4 rings (SSSR count). The second-order valence-electron chi connectivity index (χ2n) is 8.09. The van der Waals surface area contributed by atoms with Gasteiger partial charge in [-0.15, -0.1) is 11.3 Å². The number of ether oxygens (including phenoxy) is 1. The van der Waals surface area contributed by atoms with Crippen LogP contribution in [0.4, 0.5) is 0 Å². The predicted molar refractivity (Wildman–Crippen MR) is 125 cm³/mol. The molecule has 1 amide bonds. The van der Waals surface area contributed by atoms with E-state index < -0.39 is 12.0 Å². The lowest BCUT2D eigenvalue weighted by Crippen LogP contribution is -2.40. The standard InChI is InChI=1S/C26H27NO3S/c1-18(26(29)30-23-10-6-3-7-11-23)27-25(28)24-16-22(17-31-24)21-14-12-20(13-15-21)19-8-4-2-5-9-19/h3,6-7,10-19H,2,4-5,8-9H2,1H3,(H,27,28)/t18-/m0/s1. The first kappa shape index (κ1) is 21.3. The van der Waals surface area contributed by atoms with Crippen LogP contribution >= 0.6 is 11.3 Å². The van der Waals surface area contributed by atoms with Gasteiger partial charge < -0.3 is 10.1 Å². The van der Waals surface area contributed by atoms with Gasteiger partial charge in [0.15, 0.2) is 0 Å². The zero-order chi connectivity index (χ0) is 21.6. The molecule has 0 bridgehead atoms. The molecule has 5 heteroatoms. The second-order valence-corrected chi connectivity index (χ2v) is 9.00. The van der Waals surface area contributed by atoms with Gasteiger partial charge in [0.2, 0.25) is 0 Å². The molecule has 1 aliphatic carbocycles. The van der Waals surface area contributed by atoms with Gasteiger partial charge in [-0.05, 0) is 66.0 Å². The normalized spacial score (nSPS) is 15.3. The second kappa shape index (κ2) is 9.92. The van der Waals surface area contributed by atoms with E-state index in [1.807, 2.05) is 17.5 Å². The summed E-state index contributed by atoms with van der Waals surface area (Å²) in [6, 6.07) is 18.7. The summed E-state index contributed by atoms with van der Waals surface area (Å²) in [6.07, 6.45) is 6.58. The lowest BCUT2D eigenvalue weighted by molar-refractivity contribution is -0.136. The van der Waals surface area contributed by atoms with E-state index in [9.17, 15) is 9.59 Å². The fraction of sp³-hybridized carbons (Fsp3) is 0.308. The van der Waals surface area contributed by atoms with E-state index in [4.69, 9.17) is 4.74 Å². The van der Waals surface area contributed by atoms with Crippen molar-refractivity contribution in [2.45, 2.75) is 51.0 Å². The molecular weight excluding hydrogens is 406 g/mol. The third-order valence-electron chi connectivity index (χ3n) is 5.81. The Kier molecular flexibility index (Phi) is 6.82. The van der Waals surface area contributed by atoms with Crippen LogP contribution in [0.2, 0.25) is 0 Å². The van der Waals surface area contributed by atoms with E-state index in [1.165, 1.54) is 49.0 Å². The zero-order valence-electron chi connectivity index (χ0n) is 17.7. The lowest BCUT2D eigenvalue weighted by Gasteiger charge is -2.22. The van der Waals surface area contributed by atoms with Crippen molar-refractivity contribution in [3.8, 4) is 16.9 Å². The molecular formula is C26H27NO3S. The smallest absolute Gasteiger partial charge is 0.333 e.